The van der Waals surface area contributed by atoms with Crippen molar-refractivity contribution in [2.75, 3.05) is 0 Å². The Kier molecular flexibility index (Phi) is 1.93. The fourth-order valence-electron chi connectivity index (χ4n) is 1.45. The van der Waals surface area contributed by atoms with E-state index < -0.39 is 5.97 Å². The summed E-state index contributed by atoms with van der Waals surface area (Å²) in [5, 5.41) is 9.76. The van der Waals surface area contributed by atoms with E-state index in [0.29, 0.717) is 5.52 Å². The van der Waals surface area contributed by atoms with Gasteiger partial charge in [0.05, 0.1) is 5.52 Å². The number of carboxylic acid groups (broad SMARTS) is 1. The van der Waals surface area contributed by atoms with Crippen molar-refractivity contribution in [2.24, 2.45) is 7.05 Å². The molecule has 72 valence electrons. The third-order valence-corrected chi connectivity index (χ3v) is 2.36. The van der Waals surface area contributed by atoms with Crippen LogP contribution in [0.15, 0.2) is 18.5 Å². The number of hydrogen-bond donors (Lipinski definition) is 1. The summed E-state index contributed by atoms with van der Waals surface area (Å²) in [6, 6.07) is 1.80. The van der Waals surface area contributed by atoms with Gasteiger partial charge >= 0.3 is 5.97 Å². The van der Waals surface area contributed by atoms with Crippen molar-refractivity contribution < 1.29 is 9.90 Å². The van der Waals surface area contributed by atoms with Crippen LogP contribution in [0.2, 0.25) is 5.15 Å². The zero-order valence-electron chi connectivity index (χ0n) is 7.36. The van der Waals surface area contributed by atoms with Crippen molar-refractivity contribution in [3.8, 4) is 0 Å². The summed E-state index contributed by atoms with van der Waals surface area (Å²) in [4.78, 5) is 14.8. The quantitative estimate of drug-likeness (QED) is 0.732. The number of fused-ring (bicyclic) bond motifs is 1. The summed E-state index contributed by atoms with van der Waals surface area (Å²) in [6.45, 7) is 0. The van der Waals surface area contributed by atoms with Crippen LogP contribution in [0.5, 0.6) is 0 Å². The van der Waals surface area contributed by atoms with Crippen LogP contribution in [0.25, 0.3) is 10.9 Å². The Hall–Kier alpha value is -1.55. The van der Waals surface area contributed by atoms with Gasteiger partial charge in [-0.05, 0) is 6.07 Å². The predicted molar refractivity (Wildman–Crippen MR) is 52.7 cm³/mol. The van der Waals surface area contributed by atoms with Gasteiger partial charge in [-0.3, -0.25) is 0 Å². The lowest BCUT2D eigenvalue weighted by Gasteiger charge is -2.02. The van der Waals surface area contributed by atoms with Gasteiger partial charge in [0, 0.05) is 24.8 Å². The molecule has 0 fully saturated rings. The molecule has 0 atom stereocenters. The number of halogens is 1. The molecule has 0 aliphatic heterocycles. The van der Waals surface area contributed by atoms with Crippen molar-refractivity contribution in [1.82, 2.24) is 9.55 Å². The van der Waals surface area contributed by atoms with E-state index in [0.717, 1.165) is 5.39 Å². The van der Waals surface area contributed by atoms with Gasteiger partial charge in [-0.25, -0.2) is 9.78 Å². The standard InChI is InChI=1S/C9H7ClN2O2/c1-12-3-2-5-4-11-8(10)6(7(5)12)9(13)14/h2-4H,1H3,(H,13,14). The molecule has 4 nitrogen and oxygen atoms in total. The van der Waals surface area contributed by atoms with Crippen molar-refractivity contribution in [2.45, 2.75) is 0 Å². The van der Waals surface area contributed by atoms with E-state index in [1.165, 1.54) is 0 Å². The SMILES string of the molecule is Cn1ccc2cnc(Cl)c(C(=O)O)c21. The number of pyridine rings is 1. The van der Waals surface area contributed by atoms with Crippen LogP contribution in [0.1, 0.15) is 10.4 Å². The Bertz CT molecular complexity index is 519. The molecule has 2 aromatic heterocycles. The first-order chi connectivity index (χ1) is 6.61. The van der Waals surface area contributed by atoms with E-state index in [-0.39, 0.29) is 10.7 Å². The number of carboxylic acids is 1. The number of aromatic carboxylic acids is 1. The van der Waals surface area contributed by atoms with Gasteiger partial charge in [0.1, 0.15) is 10.7 Å². The molecule has 0 saturated heterocycles. The molecule has 0 aliphatic carbocycles. The molecular formula is C9H7ClN2O2. The van der Waals surface area contributed by atoms with Crippen LogP contribution in [-0.4, -0.2) is 20.6 Å². The summed E-state index contributed by atoms with van der Waals surface area (Å²) < 4.78 is 1.71. The second-order valence-corrected chi connectivity index (χ2v) is 3.32. The molecule has 0 radical (unpaired) electrons. The van der Waals surface area contributed by atoms with Gasteiger partial charge < -0.3 is 9.67 Å². The molecule has 2 rings (SSSR count). The largest absolute Gasteiger partial charge is 0.478 e. The maximum absolute atomic E-state index is 10.9. The van der Waals surface area contributed by atoms with Crippen LogP contribution < -0.4 is 0 Å². The highest BCUT2D eigenvalue weighted by atomic mass is 35.5. The van der Waals surface area contributed by atoms with Crippen LogP contribution >= 0.6 is 11.6 Å². The topological polar surface area (TPSA) is 55.1 Å². The van der Waals surface area contributed by atoms with Gasteiger partial charge in [0.2, 0.25) is 0 Å². The normalized spacial score (nSPS) is 10.7. The first-order valence-electron chi connectivity index (χ1n) is 3.94. The molecule has 0 amide bonds. The molecule has 0 aromatic carbocycles. The maximum Gasteiger partial charge on any atom is 0.341 e. The molecule has 0 unspecified atom stereocenters. The second kappa shape index (κ2) is 2.99. The van der Waals surface area contributed by atoms with E-state index in [2.05, 4.69) is 4.98 Å². The number of nitrogens with zero attached hydrogens (tertiary/aromatic N) is 2. The Morgan fingerprint density at radius 1 is 1.64 bits per heavy atom. The minimum atomic E-state index is -1.06. The fourth-order valence-corrected chi connectivity index (χ4v) is 1.67. The number of hydrogen-bond acceptors (Lipinski definition) is 2. The Morgan fingerprint density at radius 2 is 2.36 bits per heavy atom. The Balaban J connectivity index is 2.94. The van der Waals surface area contributed by atoms with Crippen LogP contribution in [-0.2, 0) is 7.05 Å². The molecule has 2 heterocycles. The maximum atomic E-state index is 10.9. The molecule has 0 spiro atoms. The van der Waals surface area contributed by atoms with E-state index in [4.69, 9.17) is 16.7 Å². The molecule has 0 bridgehead atoms. The minimum absolute atomic E-state index is 0.0202. The Labute approximate surface area is 84.7 Å². The summed E-state index contributed by atoms with van der Waals surface area (Å²) in [6.07, 6.45) is 3.33. The van der Waals surface area contributed by atoms with Gasteiger partial charge in [0.15, 0.2) is 0 Å². The van der Waals surface area contributed by atoms with Gasteiger partial charge in [0.25, 0.3) is 0 Å². The van der Waals surface area contributed by atoms with Crippen LogP contribution in [0, 0.1) is 0 Å². The van der Waals surface area contributed by atoms with Crippen molar-refractivity contribution in [3.63, 3.8) is 0 Å². The third kappa shape index (κ3) is 1.15. The number of carbonyl (C=O) groups is 1. The summed E-state index contributed by atoms with van der Waals surface area (Å²) in [5.41, 5.74) is 0.647. The number of aryl methyl sites for hydroxylation is 1. The molecule has 14 heavy (non-hydrogen) atoms. The van der Waals surface area contributed by atoms with E-state index in [1.54, 1.807) is 30.1 Å². The minimum Gasteiger partial charge on any atom is -0.478 e. The van der Waals surface area contributed by atoms with Gasteiger partial charge in [-0.1, -0.05) is 11.6 Å². The fraction of sp³-hybridized carbons (Fsp3) is 0.111. The molecule has 2 aromatic rings. The smallest absolute Gasteiger partial charge is 0.341 e. The van der Waals surface area contributed by atoms with E-state index in [1.807, 2.05) is 0 Å². The van der Waals surface area contributed by atoms with Gasteiger partial charge in [-0.2, -0.15) is 0 Å². The van der Waals surface area contributed by atoms with E-state index >= 15 is 0 Å². The van der Waals surface area contributed by atoms with Crippen molar-refractivity contribution in [1.29, 1.82) is 0 Å². The first kappa shape index (κ1) is 9.02. The zero-order chi connectivity index (χ0) is 10.3. The predicted octanol–water partition coefficient (Wildman–Crippen LogP) is 1.92. The molecule has 0 aliphatic rings. The number of rotatable bonds is 1. The molecule has 5 heteroatoms. The third-order valence-electron chi connectivity index (χ3n) is 2.08. The Morgan fingerprint density at radius 3 is 3.00 bits per heavy atom. The zero-order valence-corrected chi connectivity index (χ0v) is 8.12. The van der Waals surface area contributed by atoms with Crippen molar-refractivity contribution >= 4 is 28.5 Å². The molecule has 1 N–H and O–H groups in total. The average molecular weight is 211 g/mol. The second-order valence-electron chi connectivity index (χ2n) is 2.96. The van der Waals surface area contributed by atoms with Crippen molar-refractivity contribution in [3.05, 3.63) is 29.2 Å². The molecule has 0 saturated carbocycles. The van der Waals surface area contributed by atoms with E-state index in [9.17, 15) is 4.79 Å². The lowest BCUT2D eigenvalue weighted by Crippen LogP contribution is -2.02. The van der Waals surface area contributed by atoms with Gasteiger partial charge in [-0.15, -0.1) is 0 Å². The highest BCUT2D eigenvalue weighted by Crippen LogP contribution is 2.24. The molecular weight excluding hydrogens is 204 g/mol. The lowest BCUT2D eigenvalue weighted by atomic mass is 10.2. The average Bonchev–Trinajstić information content (AvgIpc) is 2.47. The lowest BCUT2D eigenvalue weighted by molar-refractivity contribution is 0.0698. The first-order valence-corrected chi connectivity index (χ1v) is 4.32. The highest BCUT2D eigenvalue weighted by Gasteiger charge is 2.16. The highest BCUT2D eigenvalue weighted by molar-refractivity contribution is 6.33. The van der Waals surface area contributed by atoms with Crippen LogP contribution in [0.4, 0.5) is 0 Å². The monoisotopic (exact) mass is 210 g/mol. The summed E-state index contributed by atoms with van der Waals surface area (Å²) >= 11 is 5.72. The summed E-state index contributed by atoms with van der Waals surface area (Å²) in [5.74, 6) is -1.06. The van der Waals surface area contributed by atoms with Crippen LogP contribution in [0.3, 0.4) is 0 Å². The number of aromatic nitrogens is 2. The summed E-state index contributed by atoms with van der Waals surface area (Å²) in [7, 11) is 1.77.